The molecule has 2 aliphatic carbocycles. The number of aryl methyl sites for hydroxylation is 1. The van der Waals surface area contributed by atoms with Crippen LogP contribution in [0.4, 0.5) is 13.2 Å². The number of halogens is 3. The minimum Gasteiger partial charge on any atom is -0.487 e. The number of ether oxygens (including phenoxy) is 2. The minimum absolute atomic E-state index is 0.0120. The molecule has 2 unspecified atom stereocenters. The first-order valence-electron chi connectivity index (χ1n) is 11.8. The van der Waals surface area contributed by atoms with Crippen molar-refractivity contribution in [2.24, 2.45) is 17.8 Å². The van der Waals surface area contributed by atoms with Crippen LogP contribution in [0.3, 0.4) is 0 Å². The average molecular weight is 441 g/mol. The highest BCUT2D eigenvalue weighted by molar-refractivity contribution is 5.72. The van der Waals surface area contributed by atoms with E-state index < -0.39 is 30.7 Å². The monoisotopic (exact) mass is 440 g/mol. The Morgan fingerprint density at radius 2 is 1.74 bits per heavy atom. The Kier molecular flexibility index (Phi) is 8.67. The molecule has 0 aliphatic heterocycles. The Hall–Kier alpha value is -1.72. The van der Waals surface area contributed by atoms with E-state index in [-0.39, 0.29) is 23.7 Å². The first-order chi connectivity index (χ1) is 14.9. The van der Waals surface area contributed by atoms with Gasteiger partial charge in [-0.05, 0) is 87.3 Å². The molecule has 0 bridgehead atoms. The van der Waals surface area contributed by atoms with Crippen molar-refractivity contribution < 1.29 is 27.4 Å². The first kappa shape index (κ1) is 23.9. The third kappa shape index (κ3) is 6.63. The molecule has 2 aliphatic rings. The third-order valence-electron chi connectivity index (χ3n) is 6.95. The van der Waals surface area contributed by atoms with Gasteiger partial charge in [0, 0.05) is 0 Å². The fraction of sp³-hybridized carbons (Fsp3) is 0.720. The van der Waals surface area contributed by atoms with Gasteiger partial charge in [0.25, 0.3) is 0 Å². The molecule has 1 aromatic rings. The molecule has 2 saturated carbocycles. The van der Waals surface area contributed by atoms with Gasteiger partial charge in [-0.15, -0.1) is 0 Å². The van der Waals surface area contributed by atoms with Crippen LogP contribution in [0.5, 0.6) is 5.75 Å². The molecule has 31 heavy (non-hydrogen) atoms. The second-order valence-corrected chi connectivity index (χ2v) is 9.32. The van der Waals surface area contributed by atoms with E-state index in [0.29, 0.717) is 38.0 Å². The van der Waals surface area contributed by atoms with Crippen molar-refractivity contribution >= 4 is 5.97 Å². The maximum Gasteiger partial charge on any atom is 0.309 e. The topological polar surface area (TPSA) is 35.5 Å². The molecular weight excluding hydrogens is 405 g/mol. The molecule has 0 spiro atoms. The molecule has 0 amide bonds. The summed E-state index contributed by atoms with van der Waals surface area (Å²) >= 11 is 0. The summed E-state index contributed by atoms with van der Waals surface area (Å²) in [6, 6.07) is 4.53. The molecule has 0 aromatic heterocycles. The van der Waals surface area contributed by atoms with Crippen molar-refractivity contribution in [2.45, 2.75) is 90.1 Å². The molecule has 0 heterocycles. The maximum atomic E-state index is 14.7. The van der Waals surface area contributed by atoms with Crippen LogP contribution in [0.15, 0.2) is 18.2 Å². The van der Waals surface area contributed by atoms with Crippen LogP contribution in [0.25, 0.3) is 0 Å². The predicted octanol–water partition coefficient (Wildman–Crippen LogP) is 6.37. The lowest BCUT2D eigenvalue weighted by Crippen LogP contribution is -2.36. The Labute approximate surface area is 183 Å². The van der Waals surface area contributed by atoms with Gasteiger partial charge < -0.3 is 9.47 Å². The number of carbonyl (C=O) groups excluding carboxylic acids is 1. The number of benzene rings is 1. The van der Waals surface area contributed by atoms with Crippen LogP contribution >= 0.6 is 0 Å². The zero-order valence-electron chi connectivity index (χ0n) is 18.6. The van der Waals surface area contributed by atoms with Gasteiger partial charge in [-0.1, -0.05) is 19.9 Å². The fourth-order valence-electron chi connectivity index (χ4n) is 4.72. The molecule has 2 fully saturated rings. The molecule has 2 atom stereocenters. The number of alkyl halides is 2. The standard InChI is InChI=1S/C25H35F3O3/c1-3-17-6-13-23(21(26)14-17)30-15-22(27)24(28)18-9-11-20(12-10-18)31-25(29)19-7-4-16(2)5-8-19/h6,13-14,16,18-20,22,24H,3-5,7-12,15H2,1-2H3. The van der Waals surface area contributed by atoms with E-state index >= 15 is 0 Å². The summed E-state index contributed by atoms with van der Waals surface area (Å²) in [5, 5.41) is 0. The number of carbonyl (C=O) groups is 1. The van der Waals surface area contributed by atoms with Crippen LogP contribution in [0, 0.1) is 23.6 Å². The van der Waals surface area contributed by atoms with E-state index in [1.165, 1.54) is 12.1 Å². The van der Waals surface area contributed by atoms with Crippen molar-refractivity contribution in [2.75, 3.05) is 6.61 Å². The summed E-state index contributed by atoms with van der Waals surface area (Å²) in [7, 11) is 0. The molecule has 6 heteroatoms. The summed E-state index contributed by atoms with van der Waals surface area (Å²) in [6.07, 6.45) is 2.94. The van der Waals surface area contributed by atoms with Gasteiger partial charge in [0.1, 0.15) is 18.9 Å². The lowest BCUT2D eigenvalue weighted by Gasteiger charge is -2.32. The van der Waals surface area contributed by atoms with Gasteiger partial charge in [-0.25, -0.2) is 13.2 Å². The Morgan fingerprint density at radius 3 is 2.35 bits per heavy atom. The van der Waals surface area contributed by atoms with E-state index in [1.807, 2.05) is 6.92 Å². The summed E-state index contributed by atoms with van der Waals surface area (Å²) in [6.45, 7) is 3.60. The van der Waals surface area contributed by atoms with E-state index in [9.17, 15) is 18.0 Å². The first-order valence-corrected chi connectivity index (χ1v) is 11.8. The summed E-state index contributed by atoms with van der Waals surface area (Å²) < 4.78 is 53.9. The van der Waals surface area contributed by atoms with E-state index in [1.54, 1.807) is 6.07 Å². The van der Waals surface area contributed by atoms with Crippen LogP contribution < -0.4 is 4.74 Å². The van der Waals surface area contributed by atoms with Crippen molar-refractivity contribution in [3.8, 4) is 5.75 Å². The zero-order chi connectivity index (χ0) is 22.4. The second-order valence-electron chi connectivity index (χ2n) is 9.32. The van der Waals surface area contributed by atoms with Gasteiger partial charge in [-0.3, -0.25) is 4.79 Å². The van der Waals surface area contributed by atoms with E-state index in [0.717, 1.165) is 31.2 Å². The average Bonchev–Trinajstić information content (AvgIpc) is 2.78. The van der Waals surface area contributed by atoms with Crippen molar-refractivity contribution in [1.29, 1.82) is 0 Å². The maximum absolute atomic E-state index is 14.7. The Bertz CT molecular complexity index is 710. The van der Waals surface area contributed by atoms with Crippen molar-refractivity contribution in [1.82, 2.24) is 0 Å². The lowest BCUT2D eigenvalue weighted by atomic mass is 9.82. The fourth-order valence-corrected chi connectivity index (χ4v) is 4.72. The summed E-state index contributed by atoms with van der Waals surface area (Å²) in [4.78, 5) is 12.4. The molecule has 1 aromatic carbocycles. The van der Waals surface area contributed by atoms with Gasteiger partial charge in [0.05, 0.1) is 5.92 Å². The highest BCUT2D eigenvalue weighted by Gasteiger charge is 2.35. The predicted molar refractivity (Wildman–Crippen MR) is 114 cm³/mol. The smallest absolute Gasteiger partial charge is 0.309 e. The van der Waals surface area contributed by atoms with Crippen LogP contribution in [-0.4, -0.2) is 31.0 Å². The molecule has 0 saturated heterocycles. The minimum atomic E-state index is -1.82. The largest absolute Gasteiger partial charge is 0.487 e. The quantitative estimate of drug-likeness (QED) is 0.441. The molecule has 174 valence electrons. The van der Waals surface area contributed by atoms with Gasteiger partial charge in [0.2, 0.25) is 0 Å². The van der Waals surface area contributed by atoms with Crippen LogP contribution in [0.2, 0.25) is 0 Å². The van der Waals surface area contributed by atoms with Crippen LogP contribution in [0.1, 0.15) is 70.8 Å². The molecular formula is C25H35F3O3. The SMILES string of the molecule is CCc1ccc(OCC(F)C(F)C2CCC(OC(=O)C3CCC(C)CC3)CC2)c(F)c1. The van der Waals surface area contributed by atoms with Gasteiger partial charge in [-0.2, -0.15) is 0 Å². The van der Waals surface area contributed by atoms with Gasteiger partial charge in [0.15, 0.2) is 17.7 Å². The van der Waals surface area contributed by atoms with Crippen LogP contribution in [-0.2, 0) is 16.0 Å². The van der Waals surface area contributed by atoms with E-state index in [4.69, 9.17) is 9.47 Å². The Morgan fingerprint density at radius 1 is 1.06 bits per heavy atom. The summed E-state index contributed by atoms with van der Waals surface area (Å²) in [5.41, 5.74) is 0.820. The number of hydrogen-bond acceptors (Lipinski definition) is 3. The molecule has 3 rings (SSSR count). The number of rotatable bonds is 8. The van der Waals surface area contributed by atoms with Crippen molar-refractivity contribution in [3.63, 3.8) is 0 Å². The summed E-state index contributed by atoms with van der Waals surface area (Å²) in [5.74, 6) is -0.513. The molecule has 0 N–H and O–H groups in total. The van der Waals surface area contributed by atoms with Gasteiger partial charge >= 0.3 is 5.97 Å². The van der Waals surface area contributed by atoms with E-state index in [2.05, 4.69) is 6.92 Å². The second kappa shape index (κ2) is 11.2. The third-order valence-corrected chi connectivity index (χ3v) is 6.95. The highest BCUT2D eigenvalue weighted by atomic mass is 19.2. The Balaban J connectivity index is 1.40. The van der Waals surface area contributed by atoms with Crippen molar-refractivity contribution in [3.05, 3.63) is 29.6 Å². The lowest BCUT2D eigenvalue weighted by molar-refractivity contribution is -0.157. The number of esters is 1. The highest BCUT2D eigenvalue weighted by Crippen LogP contribution is 2.34. The number of hydrogen-bond donors (Lipinski definition) is 0. The molecule has 3 nitrogen and oxygen atoms in total. The normalized spacial score (nSPS) is 28.5. The molecule has 0 radical (unpaired) electrons. The zero-order valence-corrected chi connectivity index (χ0v) is 18.6.